The number of alkyl halides is 4. The number of halogens is 4. The monoisotopic (exact) mass is 564 g/mol. The molecule has 1 aliphatic carbocycles. The first-order chi connectivity index (χ1) is 18.2. The Bertz CT molecular complexity index is 1620. The third kappa shape index (κ3) is 5.37. The molecule has 1 fully saturated rings. The Kier molecular flexibility index (Phi) is 6.48. The van der Waals surface area contributed by atoms with Gasteiger partial charge in [0.05, 0.1) is 52.5 Å². The van der Waals surface area contributed by atoms with Crippen molar-refractivity contribution in [3.05, 3.63) is 48.0 Å². The third-order valence-corrected chi connectivity index (χ3v) is 7.88. The molecular weight excluding hydrogens is 540 g/mol. The summed E-state index contributed by atoms with van der Waals surface area (Å²) in [5.74, 6) is -5.11. The number of ketones is 1. The fourth-order valence-electron chi connectivity index (χ4n) is 4.40. The van der Waals surface area contributed by atoms with Crippen LogP contribution in [0.3, 0.4) is 0 Å². The van der Waals surface area contributed by atoms with Crippen LogP contribution in [0.15, 0.2) is 41.7 Å². The molecule has 0 spiro atoms. The van der Waals surface area contributed by atoms with Crippen molar-refractivity contribution >= 4 is 44.3 Å². The molecule has 3 aromatic rings. The average Bonchev–Trinajstić information content (AvgIpc) is 3.16. The van der Waals surface area contributed by atoms with Gasteiger partial charge in [0.1, 0.15) is 11.5 Å². The Balaban J connectivity index is 1.56. The van der Waals surface area contributed by atoms with Crippen molar-refractivity contribution in [1.29, 1.82) is 0 Å². The molecule has 39 heavy (non-hydrogen) atoms. The molecule has 2 aromatic heterocycles. The number of hydrogen-bond acceptors (Lipinski definition) is 7. The van der Waals surface area contributed by atoms with Crippen molar-refractivity contribution < 1.29 is 30.8 Å². The number of Topliss-reactive ketones (excluding diaryl/α,β-unsaturated/α-hetero) is 1. The zero-order valence-corrected chi connectivity index (χ0v) is 21.9. The van der Waals surface area contributed by atoms with Gasteiger partial charge in [0.15, 0.2) is 0 Å². The van der Waals surface area contributed by atoms with Crippen LogP contribution in [0, 0.1) is 5.92 Å². The summed E-state index contributed by atoms with van der Waals surface area (Å²) in [4.78, 5) is 20.7. The lowest BCUT2D eigenvalue weighted by atomic mass is 10.1. The Hall–Kier alpha value is -3.81. The van der Waals surface area contributed by atoms with Gasteiger partial charge in [0, 0.05) is 45.1 Å². The van der Waals surface area contributed by atoms with Crippen LogP contribution in [-0.4, -0.2) is 60.3 Å². The molecule has 0 bridgehead atoms. The van der Waals surface area contributed by atoms with Gasteiger partial charge in [0.25, 0.3) is 12.3 Å². The number of anilines is 3. The molecule has 3 heterocycles. The van der Waals surface area contributed by atoms with E-state index in [0.29, 0.717) is 11.3 Å². The number of carbonyl (C=O) groups is 1. The second kappa shape index (κ2) is 9.43. The van der Waals surface area contributed by atoms with Crippen molar-refractivity contribution in [3.8, 4) is 11.1 Å². The topological polar surface area (TPSA) is 110 Å². The van der Waals surface area contributed by atoms with Gasteiger partial charge in [-0.15, -0.1) is 0 Å². The third-order valence-electron chi connectivity index (χ3n) is 6.69. The fourth-order valence-corrected chi connectivity index (χ4v) is 4.91. The van der Waals surface area contributed by atoms with Gasteiger partial charge in [-0.1, -0.05) is 6.07 Å². The number of aryl methyl sites for hydroxylation is 1. The van der Waals surface area contributed by atoms with E-state index < -0.39 is 52.6 Å². The molecule has 1 saturated carbocycles. The maximum atomic E-state index is 13.5. The number of carbonyl (C=O) groups excluding carboxylic acids is 1. The van der Waals surface area contributed by atoms with E-state index in [-0.39, 0.29) is 34.9 Å². The summed E-state index contributed by atoms with van der Waals surface area (Å²) in [6, 6.07) is 6.38. The Morgan fingerprint density at radius 3 is 2.54 bits per heavy atom. The quantitative estimate of drug-likeness (QED) is 0.389. The summed E-state index contributed by atoms with van der Waals surface area (Å²) in [6.45, 7) is 0. The second-order valence-corrected chi connectivity index (χ2v) is 11.7. The second-order valence-electron chi connectivity index (χ2n) is 9.69. The van der Waals surface area contributed by atoms with Crippen LogP contribution in [0.1, 0.15) is 17.8 Å². The molecular formula is C25H24F4N6O3S. The van der Waals surface area contributed by atoms with E-state index in [1.807, 2.05) is 0 Å². The minimum atomic E-state index is -3.72. The molecule has 14 heteroatoms. The standard InChI is InChI=1S/C25H24F4N6O3S/c1-34-12-14(11-30-34)13-4-5-17(21(6-13)35(2)39(3,37)38)32-18-7-15(8-22(36)16-10-25(16,28)29)31-19-9-20(24(26)27)33-23(18)19/h4-7,11-12,16,24H,8-10H2,1-3H3,(H,31,32). The number of aliphatic imine (C=N–C) groups is 1. The summed E-state index contributed by atoms with van der Waals surface area (Å²) >= 11 is 0. The predicted octanol–water partition coefficient (Wildman–Crippen LogP) is 4.28. The van der Waals surface area contributed by atoms with Gasteiger partial charge in [0.2, 0.25) is 10.0 Å². The zero-order chi connectivity index (χ0) is 28.3. The average molecular weight is 565 g/mol. The van der Waals surface area contributed by atoms with Gasteiger partial charge in [-0.25, -0.2) is 31.0 Å². The highest BCUT2D eigenvalue weighted by Gasteiger charge is 2.60. The van der Waals surface area contributed by atoms with Gasteiger partial charge in [-0.3, -0.25) is 18.8 Å². The number of sulfonamides is 1. The number of nitrogens with one attached hydrogen (secondary N) is 1. The number of rotatable bonds is 9. The van der Waals surface area contributed by atoms with Crippen molar-refractivity contribution in [2.75, 3.05) is 22.9 Å². The van der Waals surface area contributed by atoms with Crippen LogP contribution < -0.4 is 9.62 Å². The number of hydrogen-bond donors (Lipinski definition) is 1. The van der Waals surface area contributed by atoms with Gasteiger partial charge in [-0.2, -0.15) is 5.10 Å². The number of benzene rings is 1. The Morgan fingerprint density at radius 1 is 1.23 bits per heavy atom. The molecule has 1 atom stereocenters. The number of nitrogens with zero attached hydrogens (tertiary/aromatic N) is 5. The normalized spacial score (nSPS) is 17.6. The highest BCUT2D eigenvalue weighted by molar-refractivity contribution is 7.92. The van der Waals surface area contributed by atoms with Crippen LogP contribution in [0.5, 0.6) is 0 Å². The first-order valence-electron chi connectivity index (χ1n) is 11.9. The molecule has 1 unspecified atom stereocenters. The first-order valence-corrected chi connectivity index (χ1v) is 13.7. The fraction of sp³-hybridized carbons (Fsp3) is 0.360. The van der Waals surface area contributed by atoms with Crippen LogP contribution >= 0.6 is 0 Å². The van der Waals surface area contributed by atoms with E-state index in [2.05, 4.69) is 20.4 Å². The van der Waals surface area contributed by atoms with E-state index in [0.717, 1.165) is 16.1 Å². The first kappa shape index (κ1) is 26.8. The lowest BCUT2D eigenvalue weighted by molar-refractivity contribution is -0.121. The van der Waals surface area contributed by atoms with Crippen molar-refractivity contribution in [2.24, 2.45) is 18.0 Å². The maximum absolute atomic E-state index is 13.5. The predicted molar refractivity (Wildman–Crippen MR) is 138 cm³/mol. The van der Waals surface area contributed by atoms with Crippen LogP contribution in [-0.2, 0) is 34.7 Å². The van der Waals surface area contributed by atoms with Crippen molar-refractivity contribution in [2.45, 2.75) is 31.6 Å². The number of pyridine rings is 1. The molecule has 0 saturated heterocycles. The summed E-state index contributed by atoms with van der Waals surface area (Å²) in [7, 11) is -0.604. The minimum Gasteiger partial charge on any atom is -0.352 e. The lowest BCUT2D eigenvalue weighted by Crippen LogP contribution is -2.25. The summed E-state index contributed by atoms with van der Waals surface area (Å²) in [5.41, 5.74) is 2.14. The molecule has 0 radical (unpaired) electrons. The highest BCUT2D eigenvalue weighted by atomic mass is 32.2. The van der Waals surface area contributed by atoms with E-state index in [4.69, 9.17) is 0 Å². The molecule has 0 amide bonds. The highest BCUT2D eigenvalue weighted by Crippen LogP contribution is 2.49. The van der Waals surface area contributed by atoms with Gasteiger partial charge < -0.3 is 5.32 Å². The molecule has 1 aromatic carbocycles. The SMILES string of the molecule is CN(c1cc(-c2cnn(C)c2)ccc1Nc1cc(CC(=O)C2CC2(F)F)nc2c1N=C(C(F)F)C2)S(C)(=O)=O. The summed E-state index contributed by atoms with van der Waals surface area (Å²) in [6.07, 6.45) is 0.389. The minimum absolute atomic E-state index is 0.113. The van der Waals surface area contributed by atoms with Crippen LogP contribution in [0.4, 0.5) is 40.3 Å². The van der Waals surface area contributed by atoms with E-state index in [9.17, 15) is 30.8 Å². The molecule has 2 aliphatic rings. The lowest BCUT2D eigenvalue weighted by Gasteiger charge is -2.22. The Labute approximate surface area is 221 Å². The smallest absolute Gasteiger partial charge is 0.277 e. The van der Waals surface area contributed by atoms with Gasteiger partial charge >= 0.3 is 0 Å². The van der Waals surface area contributed by atoms with Gasteiger partial charge in [-0.05, 0) is 23.8 Å². The Morgan fingerprint density at radius 2 is 1.95 bits per heavy atom. The molecule has 1 N–H and O–H groups in total. The molecule has 9 nitrogen and oxygen atoms in total. The number of aromatic nitrogens is 3. The summed E-state index contributed by atoms with van der Waals surface area (Å²) < 4.78 is 81.4. The van der Waals surface area contributed by atoms with E-state index in [1.54, 1.807) is 42.3 Å². The molecule has 206 valence electrons. The van der Waals surface area contributed by atoms with E-state index >= 15 is 0 Å². The number of fused-ring (bicyclic) bond motifs is 1. The summed E-state index contributed by atoms with van der Waals surface area (Å²) in [5, 5.41) is 7.20. The van der Waals surface area contributed by atoms with E-state index in [1.165, 1.54) is 13.1 Å². The largest absolute Gasteiger partial charge is 0.352 e. The van der Waals surface area contributed by atoms with Crippen LogP contribution in [0.25, 0.3) is 11.1 Å². The van der Waals surface area contributed by atoms with Crippen LogP contribution in [0.2, 0.25) is 0 Å². The molecule has 1 aliphatic heterocycles. The molecule has 5 rings (SSSR count). The van der Waals surface area contributed by atoms with Crippen molar-refractivity contribution in [3.63, 3.8) is 0 Å². The maximum Gasteiger partial charge on any atom is 0.277 e. The zero-order valence-electron chi connectivity index (χ0n) is 21.1. The van der Waals surface area contributed by atoms with Crippen molar-refractivity contribution in [1.82, 2.24) is 14.8 Å².